The molecule has 0 aromatic rings. The SMILES string of the molecule is CCCNC(=O)C(C)NC(=O)C[C@@H](CN)CC(C)C. The van der Waals surface area contributed by atoms with E-state index < -0.39 is 6.04 Å². The molecule has 1 unspecified atom stereocenters. The molecular weight excluding hydrogens is 242 g/mol. The summed E-state index contributed by atoms with van der Waals surface area (Å²) in [5.41, 5.74) is 5.67. The highest BCUT2D eigenvalue weighted by Gasteiger charge is 2.18. The normalized spacial score (nSPS) is 14.0. The fourth-order valence-electron chi connectivity index (χ4n) is 1.96. The molecule has 0 aliphatic carbocycles. The van der Waals surface area contributed by atoms with Gasteiger partial charge in [-0.1, -0.05) is 20.8 Å². The maximum Gasteiger partial charge on any atom is 0.242 e. The van der Waals surface area contributed by atoms with Crippen molar-refractivity contribution in [2.45, 2.75) is 53.0 Å². The largest absolute Gasteiger partial charge is 0.354 e. The summed E-state index contributed by atoms with van der Waals surface area (Å²) in [7, 11) is 0. The third-order valence-corrected chi connectivity index (χ3v) is 2.93. The minimum Gasteiger partial charge on any atom is -0.354 e. The Kier molecular flexibility index (Phi) is 9.21. The summed E-state index contributed by atoms with van der Waals surface area (Å²) in [6.45, 7) is 9.05. The van der Waals surface area contributed by atoms with Crippen LogP contribution in [0.5, 0.6) is 0 Å². The molecule has 0 aliphatic rings. The second kappa shape index (κ2) is 9.78. The van der Waals surface area contributed by atoms with Crippen molar-refractivity contribution in [3.63, 3.8) is 0 Å². The quantitative estimate of drug-likeness (QED) is 0.585. The van der Waals surface area contributed by atoms with Crippen LogP contribution in [0.4, 0.5) is 0 Å². The smallest absolute Gasteiger partial charge is 0.242 e. The summed E-state index contributed by atoms with van der Waals surface area (Å²) in [6, 6.07) is -0.489. The summed E-state index contributed by atoms with van der Waals surface area (Å²) in [5, 5.41) is 5.48. The molecule has 0 bridgehead atoms. The topological polar surface area (TPSA) is 84.2 Å². The van der Waals surface area contributed by atoms with Gasteiger partial charge in [0.15, 0.2) is 0 Å². The van der Waals surface area contributed by atoms with Crippen LogP contribution in [-0.2, 0) is 9.59 Å². The Morgan fingerprint density at radius 3 is 2.32 bits per heavy atom. The third-order valence-electron chi connectivity index (χ3n) is 2.93. The van der Waals surface area contributed by atoms with E-state index in [0.29, 0.717) is 25.4 Å². The molecule has 0 heterocycles. The highest BCUT2D eigenvalue weighted by Crippen LogP contribution is 2.14. The van der Waals surface area contributed by atoms with Crippen LogP contribution in [0.2, 0.25) is 0 Å². The number of nitrogens with two attached hydrogens (primary N) is 1. The standard InChI is InChI=1S/C14H29N3O2/c1-5-6-16-14(19)11(4)17-13(18)8-12(9-15)7-10(2)3/h10-12H,5-9,15H2,1-4H3,(H,16,19)(H,17,18)/t11?,12-/m0/s1. The van der Waals surface area contributed by atoms with Crippen LogP contribution < -0.4 is 16.4 Å². The average molecular weight is 271 g/mol. The van der Waals surface area contributed by atoms with Crippen LogP contribution in [0.1, 0.15) is 47.0 Å². The van der Waals surface area contributed by atoms with Crippen molar-refractivity contribution < 1.29 is 9.59 Å². The van der Waals surface area contributed by atoms with Gasteiger partial charge < -0.3 is 16.4 Å². The molecule has 0 saturated carbocycles. The van der Waals surface area contributed by atoms with Crippen LogP contribution in [0, 0.1) is 11.8 Å². The van der Waals surface area contributed by atoms with Gasteiger partial charge in [-0.3, -0.25) is 9.59 Å². The predicted molar refractivity (Wildman–Crippen MR) is 77.5 cm³/mol. The van der Waals surface area contributed by atoms with Gasteiger partial charge in [-0.05, 0) is 38.1 Å². The van der Waals surface area contributed by atoms with Gasteiger partial charge in [0.25, 0.3) is 0 Å². The molecule has 112 valence electrons. The van der Waals surface area contributed by atoms with E-state index in [9.17, 15) is 9.59 Å². The van der Waals surface area contributed by atoms with Gasteiger partial charge in [-0.2, -0.15) is 0 Å². The first-order valence-electron chi connectivity index (χ1n) is 7.17. The maximum absolute atomic E-state index is 11.8. The van der Waals surface area contributed by atoms with Gasteiger partial charge in [0.05, 0.1) is 0 Å². The lowest BCUT2D eigenvalue weighted by molar-refractivity contribution is -0.129. The van der Waals surface area contributed by atoms with Gasteiger partial charge >= 0.3 is 0 Å². The maximum atomic E-state index is 11.8. The van der Waals surface area contributed by atoms with Gasteiger partial charge in [-0.25, -0.2) is 0 Å². The number of carbonyl (C=O) groups is 2. The first-order chi connectivity index (χ1) is 8.90. The monoisotopic (exact) mass is 271 g/mol. The van der Waals surface area contributed by atoms with E-state index in [0.717, 1.165) is 12.8 Å². The van der Waals surface area contributed by atoms with Crippen molar-refractivity contribution in [1.82, 2.24) is 10.6 Å². The zero-order valence-corrected chi connectivity index (χ0v) is 12.7. The second-order valence-corrected chi connectivity index (χ2v) is 5.52. The zero-order chi connectivity index (χ0) is 14.8. The van der Waals surface area contributed by atoms with E-state index in [1.165, 1.54) is 0 Å². The van der Waals surface area contributed by atoms with E-state index >= 15 is 0 Å². The van der Waals surface area contributed by atoms with Crippen LogP contribution in [0.25, 0.3) is 0 Å². The summed E-state index contributed by atoms with van der Waals surface area (Å²) in [4.78, 5) is 23.5. The van der Waals surface area contributed by atoms with E-state index in [2.05, 4.69) is 24.5 Å². The van der Waals surface area contributed by atoms with Crippen molar-refractivity contribution in [3.8, 4) is 0 Å². The average Bonchev–Trinajstić information content (AvgIpc) is 2.34. The molecule has 2 amide bonds. The van der Waals surface area contributed by atoms with Crippen molar-refractivity contribution in [2.75, 3.05) is 13.1 Å². The number of hydrogen-bond donors (Lipinski definition) is 3. The van der Waals surface area contributed by atoms with Crippen molar-refractivity contribution in [3.05, 3.63) is 0 Å². The van der Waals surface area contributed by atoms with Crippen molar-refractivity contribution in [2.24, 2.45) is 17.6 Å². The molecule has 0 spiro atoms. The second-order valence-electron chi connectivity index (χ2n) is 5.52. The Morgan fingerprint density at radius 1 is 1.21 bits per heavy atom. The zero-order valence-electron chi connectivity index (χ0n) is 12.7. The fourth-order valence-corrected chi connectivity index (χ4v) is 1.96. The van der Waals surface area contributed by atoms with E-state index in [4.69, 9.17) is 5.73 Å². The Hall–Kier alpha value is -1.10. The highest BCUT2D eigenvalue weighted by atomic mass is 16.2. The van der Waals surface area contributed by atoms with Gasteiger partial charge in [0, 0.05) is 13.0 Å². The molecule has 0 aromatic heterocycles. The predicted octanol–water partition coefficient (Wildman–Crippen LogP) is 1.03. The van der Waals surface area contributed by atoms with Crippen LogP contribution in [0.3, 0.4) is 0 Å². The van der Waals surface area contributed by atoms with E-state index in [1.807, 2.05) is 6.92 Å². The number of amides is 2. The number of nitrogens with one attached hydrogen (secondary N) is 2. The minimum atomic E-state index is -0.489. The minimum absolute atomic E-state index is 0.102. The number of rotatable bonds is 9. The van der Waals surface area contributed by atoms with Crippen molar-refractivity contribution >= 4 is 11.8 Å². The van der Waals surface area contributed by atoms with Gasteiger partial charge in [-0.15, -0.1) is 0 Å². The summed E-state index contributed by atoms with van der Waals surface area (Å²) >= 11 is 0. The Labute approximate surface area is 116 Å². The van der Waals surface area contributed by atoms with Gasteiger partial charge in [0.2, 0.25) is 11.8 Å². The first-order valence-corrected chi connectivity index (χ1v) is 7.17. The molecule has 5 nitrogen and oxygen atoms in total. The van der Waals surface area contributed by atoms with Crippen LogP contribution >= 0.6 is 0 Å². The molecule has 0 fully saturated rings. The lowest BCUT2D eigenvalue weighted by atomic mass is 9.94. The summed E-state index contributed by atoms with van der Waals surface area (Å²) in [5.74, 6) is 0.469. The number of hydrogen-bond acceptors (Lipinski definition) is 3. The van der Waals surface area contributed by atoms with Crippen LogP contribution in [-0.4, -0.2) is 30.9 Å². The highest BCUT2D eigenvalue weighted by molar-refractivity contribution is 5.87. The molecule has 0 saturated heterocycles. The molecule has 4 N–H and O–H groups in total. The third kappa shape index (κ3) is 8.59. The van der Waals surface area contributed by atoms with Crippen molar-refractivity contribution in [1.29, 1.82) is 0 Å². The number of carbonyl (C=O) groups excluding carboxylic acids is 2. The summed E-state index contributed by atoms with van der Waals surface area (Å²) in [6.07, 6.45) is 2.20. The first kappa shape index (κ1) is 17.9. The van der Waals surface area contributed by atoms with Gasteiger partial charge in [0.1, 0.15) is 6.04 Å². The van der Waals surface area contributed by atoms with E-state index in [-0.39, 0.29) is 17.7 Å². The lowest BCUT2D eigenvalue weighted by Crippen LogP contribution is -2.45. The molecule has 0 radical (unpaired) electrons. The molecule has 2 atom stereocenters. The molecule has 5 heteroatoms. The fraction of sp³-hybridized carbons (Fsp3) is 0.857. The van der Waals surface area contributed by atoms with Crippen LogP contribution in [0.15, 0.2) is 0 Å². The molecule has 0 aromatic carbocycles. The molecule has 19 heavy (non-hydrogen) atoms. The van der Waals surface area contributed by atoms with E-state index in [1.54, 1.807) is 6.92 Å². The Bertz CT molecular complexity index is 280. The molecule has 0 aliphatic heterocycles. The molecular formula is C14H29N3O2. The Morgan fingerprint density at radius 2 is 1.84 bits per heavy atom. The summed E-state index contributed by atoms with van der Waals surface area (Å²) < 4.78 is 0. The lowest BCUT2D eigenvalue weighted by Gasteiger charge is -2.18. The molecule has 0 rings (SSSR count). The Balaban J connectivity index is 4.10.